The van der Waals surface area contributed by atoms with Crippen LogP contribution in [0.4, 0.5) is 5.69 Å². The van der Waals surface area contributed by atoms with Crippen molar-refractivity contribution >= 4 is 44.8 Å². The van der Waals surface area contributed by atoms with Gasteiger partial charge in [0.15, 0.2) is 6.10 Å². The van der Waals surface area contributed by atoms with Crippen molar-refractivity contribution < 1.29 is 17.9 Å². The van der Waals surface area contributed by atoms with Crippen LogP contribution in [0, 0.1) is 0 Å². The first-order chi connectivity index (χ1) is 13.0. The predicted octanol–water partition coefficient (Wildman–Crippen LogP) is 4.43. The van der Waals surface area contributed by atoms with Gasteiger partial charge in [-0.05, 0) is 57.2 Å². The Morgan fingerprint density at radius 1 is 1.07 bits per heavy atom. The largest absolute Gasteiger partial charge is 0.479 e. The van der Waals surface area contributed by atoms with E-state index in [1.807, 2.05) is 0 Å². The molecule has 1 N–H and O–H groups in total. The van der Waals surface area contributed by atoms with Gasteiger partial charge in [0.2, 0.25) is 10.0 Å². The monoisotopic (exact) mass is 444 g/mol. The maximum Gasteiger partial charge on any atom is 0.265 e. The second-order valence-corrected chi connectivity index (χ2v) is 9.22. The molecule has 1 atom stereocenters. The molecule has 0 aromatic heterocycles. The van der Waals surface area contributed by atoms with Gasteiger partial charge in [-0.1, -0.05) is 29.3 Å². The smallest absolute Gasteiger partial charge is 0.265 e. The van der Waals surface area contributed by atoms with E-state index < -0.39 is 22.0 Å². The van der Waals surface area contributed by atoms with Gasteiger partial charge in [0.05, 0.1) is 9.92 Å². The fourth-order valence-electron chi connectivity index (χ4n) is 2.22. The zero-order valence-electron chi connectivity index (χ0n) is 15.9. The van der Waals surface area contributed by atoms with Gasteiger partial charge in [-0.2, -0.15) is 4.31 Å². The summed E-state index contributed by atoms with van der Waals surface area (Å²) in [6, 6.07) is 10.7. The van der Waals surface area contributed by atoms with Crippen LogP contribution in [0.5, 0.6) is 5.75 Å². The summed E-state index contributed by atoms with van der Waals surface area (Å²) >= 11 is 12.0. The molecule has 28 heavy (non-hydrogen) atoms. The van der Waals surface area contributed by atoms with E-state index in [1.54, 1.807) is 39.0 Å². The number of sulfonamides is 1. The minimum Gasteiger partial charge on any atom is -0.479 e. The van der Waals surface area contributed by atoms with Crippen LogP contribution < -0.4 is 10.1 Å². The molecule has 1 amide bonds. The molecule has 1 unspecified atom stereocenters. The highest BCUT2D eigenvalue weighted by Gasteiger charge is 2.23. The van der Waals surface area contributed by atoms with E-state index in [0.29, 0.717) is 16.5 Å². The van der Waals surface area contributed by atoms with E-state index in [0.717, 1.165) is 0 Å². The number of amides is 1. The number of rotatable bonds is 7. The molecule has 6 nitrogen and oxygen atoms in total. The summed E-state index contributed by atoms with van der Waals surface area (Å²) in [4.78, 5) is 12.5. The number of nitrogens with zero attached hydrogens (tertiary/aromatic N) is 1. The third-order valence-corrected chi connectivity index (χ3v) is 6.96. The summed E-state index contributed by atoms with van der Waals surface area (Å²) in [6.07, 6.45) is -0.841. The molecule has 9 heteroatoms. The number of halogens is 2. The molecule has 2 aromatic rings. The second-order valence-electron chi connectivity index (χ2n) is 6.44. The van der Waals surface area contributed by atoms with E-state index in [-0.39, 0.29) is 16.0 Å². The standard InChI is InChI=1S/C19H22Cl2N2O4S/c1-12(2)23(4)28(25,26)15-10-8-14(9-11-15)22-19(24)13(3)27-17-7-5-6-16(20)18(17)21/h5-13H,1-4H3,(H,22,24). The Morgan fingerprint density at radius 3 is 2.25 bits per heavy atom. The van der Waals surface area contributed by atoms with Crippen LogP contribution in [0.3, 0.4) is 0 Å². The van der Waals surface area contributed by atoms with Crippen LogP contribution in [-0.4, -0.2) is 37.8 Å². The van der Waals surface area contributed by atoms with Crippen LogP contribution in [0.15, 0.2) is 47.4 Å². The SMILES string of the molecule is CC(Oc1cccc(Cl)c1Cl)C(=O)Nc1ccc(S(=O)(=O)N(C)C(C)C)cc1. The van der Waals surface area contributed by atoms with Gasteiger partial charge in [0, 0.05) is 18.8 Å². The third kappa shape index (κ3) is 5.17. The highest BCUT2D eigenvalue weighted by molar-refractivity contribution is 7.89. The molecule has 0 radical (unpaired) electrons. The minimum absolute atomic E-state index is 0.150. The van der Waals surface area contributed by atoms with Crippen molar-refractivity contribution in [2.45, 2.75) is 37.8 Å². The van der Waals surface area contributed by atoms with Crippen molar-refractivity contribution in [3.05, 3.63) is 52.5 Å². The number of nitrogens with one attached hydrogen (secondary N) is 1. The third-order valence-electron chi connectivity index (χ3n) is 4.12. The highest BCUT2D eigenvalue weighted by atomic mass is 35.5. The Bertz CT molecular complexity index is 947. The first-order valence-corrected chi connectivity index (χ1v) is 10.7. The summed E-state index contributed by atoms with van der Waals surface area (Å²) in [5.74, 6) is -0.110. The molecule has 0 aliphatic rings. The van der Waals surface area contributed by atoms with Crippen LogP contribution in [0.2, 0.25) is 10.0 Å². The summed E-state index contributed by atoms with van der Waals surface area (Å²) in [5, 5.41) is 3.24. The lowest BCUT2D eigenvalue weighted by Crippen LogP contribution is -2.33. The van der Waals surface area contributed by atoms with E-state index >= 15 is 0 Å². The predicted molar refractivity (Wildman–Crippen MR) is 112 cm³/mol. The highest BCUT2D eigenvalue weighted by Crippen LogP contribution is 2.32. The molecule has 0 aliphatic heterocycles. The molecule has 0 spiro atoms. The van der Waals surface area contributed by atoms with Crippen molar-refractivity contribution in [3.8, 4) is 5.75 Å². The average Bonchev–Trinajstić information content (AvgIpc) is 2.65. The van der Waals surface area contributed by atoms with E-state index in [4.69, 9.17) is 27.9 Å². The Morgan fingerprint density at radius 2 is 1.68 bits per heavy atom. The normalized spacial score (nSPS) is 12.9. The summed E-state index contributed by atoms with van der Waals surface area (Å²) in [5.41, 5.74) is 0.448. The van der Waals surface area contributed by atoms with Gasteiger partial charge < -0.3 is 10.1 Å². The Labute approximate surface area is 175 Å². The quantitative estimate of drug-likeness (QED) is 0.684. The van der Waals surface area contributed by atoms with Gasteiger partial charge >= 0.3 is 0 Å². The number of hydrogen-bond acceptors (Lipinski definition) is 4. The number of ether oxygens (including phenoxy) is 1. The fraction of sp³-hybridized carbons (Fsp3) is 0.316. The van der Waals surface area contributed by atoms with Crippen LogP contribution in [0.25, 0.3) is 0 Å². The zero-order valence-corrected chi connectivity index (χ0v) is 18.3. The first kappa shape index (κ1) is 22.5. The Balaban J connectivity index is 2.07. The zero-order chi connectivity index (χ0) is 21.1. The summed E-state index contributed by atoms with van der Waals surface area (Å²) in [6.45, 7) is 5.16. The summed E-state index contributed by atoms with van der Waals surface area (Å²) < 4.78 is 31.8. The number of anilines is 1. The Kier molecular flexibility index (Phi) is 7.33. The lowest BCUT2D eigenvalue weighted by Gasteiger charge is -2.21. The molecule has 0 aliphatic carbocycles. The lowest BCUT2D eigenvalue weighted by atomic mass is 10.3. The maximum atomic E-state index is 12.5. The van der Waals surface area contributed by atoms with Gasteiger partial charge in [0.25, 0.3) is 5.91 Å². The molecule has 0 fully saturated rings. The molecular weight excluding hydrogens is 423 g/mol. The first-order valence-electron chi connectivity index (χ1n) is 8.53. The lowest BCUT2D eigenvalue weighted by molar-refractivity contribution is -0.122. The molecule has 0 heterocycles. The van der Waals surface area contributed by atoms with E-state index in [1.165, 1.54) is 35.6 Å². The summed E-state index contributed by atoms with van der Waals surface area (Å²) in [7, 11) is -2.06. The number of benzene rings is 2. The second kappa shape index (κ2) is 9.13. The maximum absolute atomic E-state index is 12.5. The molecule has 2 rings (SSSR count). The minimum atomic E-state index is -3.58. The van der Waals surface area contributed by atoms with Crippen LogP contribution in [0.1, 0.15) is 20.8 Å². The number of carbonyl (C=O) groups is 1. The average molecular weight is 445 g/mol. The van der Waals surface area contributed by atoms with Crippen molar-refractivity contribution in [2.75, 3.05) is 12.4 Å². The number of carbonyl (C=O) groups excluding carboxylic acids is 1. The van der Waals surface area contributed by atoms with Gasteiger partial charge in [0.1, 0.15) is 10.8 Å². The molecular formula is C19H22Cl2N2O4S. The Hall–Kier alpha value is -1.80. The molecule has 152 valence electrons. The topological polar surface area (TPSA) is 75.7 Å². The van der Waals surface area contributed by atoms with Crippen LogP contribution >= 0.6 is 23.2 Å². The fourth-order valence-corrected chi connectivity index (χ4v) is 3.92. The van der Waals surface area contributed by atoms with Crippen molar-refractivity contribution in [2.24, 2.45) is 0 Å². The van der Waals surface area contributed by atoms with E-state index in [9.17, 15) is 13.2 Å². The van der Waals surface area contributed by atoms with Gasteiger partial charge in [-0.15, -0.1) is 0 Å². The van der Waals surface area contributed by atoms with Crippen molar-refractivity contribution in [3.63, 3.8) is 0 Å². The van der Waals surface area contributed by atoms with Crippen molar-refractivity contribution in [1.82, 2.24) is 4.31 Å². The number of hydrogen-bond donors (Lipinski definition) is 1. The molecule has 0 saturated heterocycles. The van der Waals surface area contributed by atoms with Gasteiger partial charge in [-0.3, -0.25) is 4.79 Å². The van der Waals surface area contributed by atoms with Crippen LogP contribution in [-0.2, 0) is 14.8 Å². The molecule has 2 aromatic carbocycles. The molecule has 0 bridgehead atoms. The van der Waals surface area contributed by atoms with Gasteiger partial charge in [-0.25, -0.2) is 8.42 Å². The molecule has 0 saturated carbocycles. The van der Waals surface area contributed by atoms with E-state index in [2.05, 4.69) is 5.32 Å². The van der Waals surface area contributed by atoms with Crippen molar-refractivity contribution in [1.29, 1.82) is 0 Å².